The van der Waals surface area contributed by atoms with E-state index >= 15 is 0 Å². The molecule has 1 rings (SSSR count). The quantitative estimate of drug-likeness (QED) is 0.704. The van der Waals surface area contributed by atoms with Crippen LogP contribution in [0.1, 0.15) is 52.4 Å². The Morgan fingerprint density at radius 3 is 2.67 bits per heavy atom. The SMILES string of the molecule is CC#CCCC1CC(CC)CCC1CN. The molecule has 1 fully saturated rings. The summed E-state index contributed by atoms with van der Waals surface area (Å²) in [5.74, 6) is 8.73. The van der Waals surface area contributed by atoms with E-state index in [1.54, 1.807) is 0 Å². The highest BCUT2D eigenvalue weighted by atomic mass is 14.6. The van der Waals surface area contributed by atoms with Gasteiger partial charge in [0.05, 0.1) is 0 Å². The molecule has 0 aromatic carbocycles. The maximum absolute atomic E-state index is 5.85. The van der Waals surface area contributed by atoms with E-state index in [1.807, 2.05) is 6.92 Å². The van der Waals surface area contributed by atoms with E-state index in [9.17, 15) is 0 Å². The molecular weight excluding hydrogens is 182 g/mol. The fourth-order valence-electron chi connectivity index (χ4n) is 2.84. The molecule has 0 aromatic heterocycles. The van der Waals surface area contributed by atoms with Gasteiger partial charge in [-0.2, -0.15) is 0 Å². The smallest absolute Gasteiger partial charge is 0.00913 e. The summed E-state index contributed by atoms with van der Waals surface area (Å²) in [5.41, 5.74) is 5.85. The molecule has 3 atom stereocenters. The molecule has 2 N–H and O–H groups in total. The van der Waals surface area contributed by atoms with E-state index in [4.69, 9.17) is 5.73 Å². The topological polar surface area (TPSA) is 26.0 Å². The first kappa shape index (κ1) is 12.6. The van der Waals surface area contributed by atoms with E-state index < -0.39 is 0 Å². The van der Waals surface area contributed by atoms with E-state index in [0.717, 1.165) is 30.7 Å². The fraction of sp³-hybridized carbons (Fsp3) is 0.857. The van der Waals surface area contributed by atoms with Crippen LogP contribution >= 0.6 is 0 Å². The maximum atomic E-state index is 5.85. The minimum atomic E-state index is 0.770. The van der Waals surface area contributed by atoms with E-state index in [0.29, 0.717) is 0 Å². The largest absolute Gasteiger partial charge is 0.330 e. The second-order valence-electron chi connectivity index (χ2n) is 4.81. The van der Waals surface area contributed by atoms with Crippen molar-refractivity contribution >= 4 is 0 Å². The maximum Gasteiger partial charge on any atom is 0.00913 e. The Morgan fingerprint density at radius 2 is 2.07 bits per heavy atom. The Morgan fingerprint density at radius 1 is 1.27 bits per heavy atom. The van der Waals surface area contributed by atoms with Gasteiger partial charge in [-0.1, -0.05) is 19.8 Å². The lowest BCUT2D eigenvalue weighted by Crippen LogP contribution is -2.30. The molecule has 0 bridgehead atoms. The van der Waals surface area contributed by atoms with Crippen molar-refractivity contribution < 1.29 is 0 Å². The Bertz CT molecular complexity index is 223. The van der Waals surface area contributed by atoms with Gasteiger partial charge in [-0.3, -0.25) is 0 Å². The molecule has 15 heavy (non-hydrogen) atoms. The van der Waals surface area contributed by atoms with Crippen LogP contribution in [0.3, 0.4) is 0 Å². The van der Waals surface area contributed by atoms with E-state index in [-0.39, 0.29) is 0 Å². The molecular formula is C14H25N. The summed E-state index contributed by atoms with van der Waals surface area (Å²) in [4.78, 5) is 0. The summed E-state index contributed by atoms with van der Waals surface area (Å²) in [6, 6.07) is 0. The third-order valence-corrected chi connectivity index (χ3v) is 3.95. The second-order valence-corrected chi connectivity index (χ2v) is 4.81. The van der Waals surface area contributed by atoms with Crippen molar-refractivity contribution in [1.82, 2.24) is 0 Å². The van der Waals surface area contributed by atoms with Crippen molar-refractivity contribution in [1.29, 1.82) is 0 Å². The summed E-state index contributed by atoms with van der Waals surface area (Å²) in [7, 11) is 0. The van der Waals surface area contributed by atoms with Gasteiger partial charge in [0, 0.05) is 6.42 Å². The van der Waals surface area contributed by atoms with Gasteiger partial charge in [-0.05, 0) is 50.5 Å². The first-order valence-electron chi connectivity index (χ1n) is 6.41. The van der Waals surface area contributed by atoms with Crippen LogP contribution in [-0.2, 0) is 0 Å². The monoisotopic (exact) mass is 207 g/mol. The van der Waals surface area contributed by atoms with Gasteiger partial charge < -0.3 is 5.73 Å². The third-order valence-electron chi connectivity index (χ3n) is 3.95. The minimum Gasteiger partial charge on any atom is -0.330 e. The number of hydrogen-bond donors (Lipinski definition) is 1. The molecule has 0 radical (unpaired) electrons. The average Bonchev–Trinajstić information content (AvgIpc) is 2.29. The number of hydrogen-bond acceptors (Lipinski definition) is 1. The number of nitrogens with two attached hydrogens (primary N) is 1. The lowest BCUT2D eigenvalue weighted by molar-refractivity contribution is 0.173. The molecule has 1 nitrogen and oxygen atoms in total. The Kier molecular flexibility index (Phi) is 5.79. The Labute approximate surface area is 94.8 Å². The predicted molar refractivity (Wildman–Crippen MR) is 66.4 cm³/mol. The number of rotatable bonds is 4. The zero-order valence-electron chi connectivity index (χ0n) is 10.3. The zero-order chi connectivity index (χ0) is 11.1. The first-order chi connectivity index (χ1) is 7.31. The van der Waals surface area contributed by atoms with Crippen LogP contribution in [0.5, 0.6) is 0 Å². The highest BCUT2D eigenvalue weighted by Gasteiger charge is 2.28. The van der Waals surface area contributed by atoms with Crippen molar-refractivity contribution in [2.24, 2.45) is 23.5 Å². The van der Waals surface area contributed by atoms with Gasteiger partial charge in [0.2, 0.25) is 0 Å². The molecule has 3 unspecified atom stereocenters. The standard InChI is InChI=1S/C14H25N/c1-3-5-6-7-13-10-12(4-2)8-9-14(13)11-15/h12-14H,4,6-11,15H2,1-2H3. The molecule has 86 valence electrons. The highest BCUT2D eigenvalue weighted by molar-refractivity contribution is 4.95. The summed E-state index contributed by atoms with van der Waals surface area (Å²) >= 11 is 0. The average molecular weight is 207 g/mol. The fourth-order valence-corrected chi connectivity index (χ4v) is 2.84. The highest BCUT2D eigenvalue weighted by Crippen LogP contribution is 2.37. The second kappa shape index (κ2) is 6.90. The van der Waals surface area contributed by atoms with Gasteiger partial charge in [0.1, 0.15) is 0 Å². The lowest BCUT2D eigenvalue weighted by atomic mass is 9.71. The zero-order valence-corrected chi connectivity index (χ0v) is 10.3. The van der Waals surface area contributed by atoms with Gasteiger partial charge in [0.25, 0.3) is 0 Å². The Hall–Kier alpha value is -0.480. The van der Waals surface area contributed by atoms with Gasteiger partial charge in [-0.25, -0.2) is 0 Å². The van der Waals surface area contributed by atoms with Crippen molar-refractivity contribution in [2.45, 2.75) is 52.4 Å². The molecule has 0 heterocycles. The van der Waals surface area contributed by atoms with Crippen LogP contribution in [-0.4, -0.2) is 6.54 Å². The molecule has 0 saturated heterocycles. The molecule has 0 aromatic rings. The normalized spacial score (nSPS) is 30.7. The summed E-state index contributed by atoms with van der Waals surface area (Å²) in [5, 5.41) is 0. The van der Waals surface area contributed by atoms with Crippen molar-refractivity contribution in [3.63, 3.8) is 0 Å². The van der Waals surface area contributed by atoms with Crippen LogP contribution in [0.4, 0.5) is 0 Å². The van der Waals surface area contributed by atoms with Crippen molar-refractivity contribution in [2.75, 3.05) is 6.54 Å². The first-order valence-corrected chi connectivity index (χ1v) is 6.41. The van der Waals surface area contributed by atoms with Crippen LogP contribution in [0.25, 0.3) is 0 Å². The molecule has 1 heteroatoms. The third kappa shape index (κ3) is 3.87. The summed E-state index contributed by atoms with van der Waals surface area (Å²) < 4.78 is 0. The van der Waals surface area contributed by atoms with Gasteiger partial charge in [0.15, 0.2) is 0 Å². The van der Waals surface area contributed by atoms with Crippen LogP contribution in [0, 0.1) is 29.6 Å². The lowest BCUT2D eigenvalue weighted by Gasteiger charge is -2.35. The van der Waals surface area contributed by atoms with Crippen LogP contribution in [0.2, 0.25) is 0 Å². The minimum absolute atomic E-state index is 0.770. The van der Waals surface area contributed by atoms with Crippen molar-refractivity contribution in [3.05, 3.63) is 0 Å². The summed E-state index contributed by atoms with van der Waals surface area (Å²) in [6.45, 7) is 5.12. The molecule has 0 amide bonds. The van der Waals surface area contributed by atoms with E-state index in [1.165, 1.54) is 32.1 Å². The molecule has 1 aliphatic rings. The molecule has 0 spiro atoms. The van der Waals surface area contributed by atoms with E-state index in [2.05, 4.69) is 18.8 Å². The van der Waals surface area contributed by atoms with Gasteiger partial charge >= 0.3 is 0 Å². The van der Waals surface area contributed by atoms with Crippen LogP contribution < -0.4 is 5.73 Å². The predicted octanol–water partition coefficient (Wildman–Crippen LogP) is 3.19. The molecule has 1 aliphatic carbocycles. The van der Waals surface area contributed by atoms with Crippen LogP contribution in [0.15, 0.2) is 0 Å². The van der Waals surface area contributed by atoms with Crippen molar-refractivity contribution in [3.8, 4) is 11.8 Å². The van der Waals surface area contributed by atoms with Gasteiger partial charge in [-0.15, -0.1) is 11.8 Å². The summed E-state index contributed by atoms with van der Waals surface area (Å²) in [6.07, 6.45) is 7.80. The molecule has 0 aliphatic heterocycles. The molecule has 1 saturated carbocycles. The Balaban J connectivity index is 2.42.